The summed E-state index contributed by atoms with van der Waals surface area (Å²) in [7, 11) is 0. The second kappa shape index (κ2) is 8.10. The molecule has 0 aliphatic carbocycles. The lowest BCUT2D eigenvalue weighted by Gasteiger charge is -2.10. The molecule has 0 radical (unpaired) electrons. The summed E-state index contributed by atoms with van der Waals surface area (Å²) in [5, 5.41) is 6.19. The molecule has 0 saturated carbocycles. The van der Waals surface area contributed by atoms with Crippen LogP contribution in [0.3, 0.4) is 0 Å². The first-order valence-corrected chi connectivity index (χ1v) is 8.44. The summed E-state index contributed by atoms with van der Waals surface area (Å²) in [6, 6.07) is 12.8. The van der Waals surface area contributed by atoms with Gasteiger partial charge in [-0.1, -0.05) is 29.8 Å². The molecule has 2 N–H and O–H groups in total. The summed E-state index contributed by atoms with van der Waals surface area (Å²) < 4.78 is 26.9. The quantitative estimate of drug-likeness (QED) is 0.629. The molecule has 0 amide bonds. The van der Waals surface area contributed by atoms with Crippen LogP contribution in [0.5, 0.6) is 0 Å². The third kappa shape index (κ3) is 4.67. The lowest BCUT2D eigenvalue weighted by atomic mass is 10.1. The molecule has 0 spiro atoms. The van der Waals surface area contributed by atoms with Crippen LogP contribution in [0.25, 0.3) is 0 Å². The van der Waals surface area contributed by atoms with Crippen molar-refractivity contribution in [1.29, 1.82) is 0 Å². The molecular weight excluding hydrogens is 358 g/mol. The van der Waals surface area contributed by atoms with E-state index in [1.807, 2.05) is 6.92 Å². The zero-order valence-electron chi connectivity index (χ0n) is 14.1. The molecule has 0 atom stereocenters. The van der Waals surface area contributed by atoms with Crippen molar-refractivity contribution in [2.24, 2.45) is 0 Å². The predicted molar refractivity (Wildman–Crippen MR) is 100 cm³/mol. The van der Waals surface area contributed by atoms with Crippen LogP contribution < -0.4 is 10.6 Å². The normalized spacial score (nSPS) is 10.6. The smallest absolute Gasteiger partial charge is 0.224 e. The number of rotatable bonds is 6. The zero-order chi connectivity index (χ0) is 18.5. The lowest BCUT2D eigenvalue weighted by molar-refractivity contribution is 0.610. The maximum absolute atomic E-state index is 13.6. The van der Waals surface area contributed by atoms with Gasteiger partial charge in [-0.3, -0.25) is 0 Å². The van der Waals surface area contributed by atoms with Gasteiger partial charge in [-0.25, -0.2) is 13.8 Å². The summed E-state index contributed by atoms with van der Waals surface area (Å²) >= 11 is 5.79. The molecule has 4 nitrogen and oxygen atoms in total. The van der Waals surface area contributed by atoms with Crippen LogP contribution in [0, 0.1) is 18.6 Å². The van der Waals surface area contributed by atoms with Crippen molar-refractivity contribution in [3.63, 3.8) is 0 Å². The van der Waals surface area contributed by atoms with Gasteiger partial charge in [-0.15, -0.1) is 0 Å². The van der Waals surface area contributed by atoms with Crippen LogP contribution in [-0.4, -0.2) is 16.5 Å². The highest BCUT2D eigenvalue weighted by Crippen LogP contribution is 2.22. The highest BCUT2D eigenvalue weighted by Gasteiger charge is 2.06. The van der Waals surface area contributed by atoms with Gasteiger partial charge in [0.15, 0.2) is 0 Å². The molecule has 134 valence electrons. The van der Waals surface area contributed by atoms with E-state index >= 15 is 0 Å². The van der Waals surface area contributed by atoms with Crippen LogP contribution in [-0.2, 0) is 6.42 Å². The van der Waals surface area contributed by atoms with E-state index in [4.69, 9.17) is 11.6 Å². The van der Waals surface area contributed by atoms with Crippen molar-refractivity contribution < 1.29 is 8.78 Å². The molecular formula is C19H17ClF2N4. The average Bonchev–Trinajstić information content (AvgIpc) is 2.59. The van der Waals surface area contributed by atoms with Gasteiger partial charge in [-0.2, -0.15) is 4.98 Å². The summed E-state index contributed by atoms with van der Waals surface area (Å²) in [5.41, 5.74) is 2.00. The second-order valence-electron chi connectivity index (χ2n) is 5.74. The molecule has 0 fully saturated rings. The third-order valence-corrected chi connectivity index (χ3v) is 3.97. The summed E-state index contributed by atoms with van der Waals surface area (Å²) in [5.74, 6) is 0.271. The molecule has 0 aliphatic rings. The molecule has 1 heterocycles. The molecule has 0 aliphatic heterocycles. The molecule has 2 aromatic carbocycles. The Morgan fingerprint density at radius 2 is 1.81 bits per heavy atom. The van der Waals surface area contributed by atoms with E-state index in [2.05, 4.69) is 20.6 Å². The standard InChI is InChI=1S/C19H17ClF2N4/c1-12-10-18(25-14-6-7-17(22)15(20)11-14)26-19(24-12)23-9-8-13-4-2-3-5-16(13)21/h2-7,10-11H,8-9H2,1H3,(H2,23,24,25,26). The van der Waals surface area contributed by atoms with Crippen LogP contribution in [0.1, 0.15) is 11.3 Å². The number of aryl methyl sites for hydroxylation is 1. The molecule has 3 rings (SSSR count). The van der Waals surface area contributed by atoms with Crippen molar-refractivity contribution in [2.75, 3.05) is 17.2 Å². The second-order valence-corrected chi connectivity index (χ2v) is 6.15. The van der Waals surface area contributed by atoms with E-state index in [1.165, 1.54) is 18.2 Å². The first kappa shape index (κ1) is 18.1. The maximum Gasteiger partial charge on any atom is 0.224 e. The zero-order valence-corrected chi connectivity index (χ0v) is 14.8. The molecule has 7 heteroatoms. The molecule has 0 saturated heterocycles. The highest BCUT2D eigenvalue weighted by molar-refractivity contribution is 6.31. The fraction of sp³-hybridized carbons (Fsp3) is 0.158. The summed E-state index contributed by atoms with van der Waals surface area (Å²) in [4.78, 5) is 8.69. The van der Waals surface area contributed by atoms with E-state index in [9.17, 15) is 8.78 Å². The number of nitrogens with one attached hydrogen (secondary N) is 2. The fourth-order valence-corrected chi connectivity index (χ4v) is 2.62. The Labute approximate surface area is 155 Å². The fourth-order valence-electron chi connectivity index (χ4n) is 2.44. The van der Waals surface area contributed by atoms with Gasteiger partial charge >= 0.3 is 0 Å². The monoisotopic (exact) mass is 374 g/mol. The summed E-state index contributed by atoms with van der Waals surface area (Å²) in [6.07, 6.45) is 0.514. The Kier molecular flexibility index (Phi) is 5.63. The van der Waals surface area contributed by atoms with E-state index in [-0.39, 0.29) is 10.8 Å². The minimum absolute atomic E-state index is 0.0315. The molecule has 1 aromatic heterocycles. The van der Waals surface area contributed by atoms with Crippen molar-refractivity contribution in [3.8, 4) is 0 Å². The van der Waals surface area contributed by atoms with Gasteiger partial charge in [0, 0.05) is 24.0 Å². The number of aromatic nitrogens is 2. The van der Waals surface area contributed by atoms with Crippen LogP contribution >= 0.6 is 11.6 Å². The van der Waals surface area contributed by atoms with Gasteiger partial charge in [0.1, 0.15) is 17.5 Å². The number of anilines is 3. The topological polar surface area (TPSA) is 49.8 Å². The Balaban J connectivity index is 1.67. The van der Waals surface area contributed by atoms with Crippen LogP contribution in [0.2, 0.25) is 5.02 Å². The number of nitrogens with zero attached hydrogens (tertiary/aromatic N) is 2. The van der Waals surface area contributed by atoms with E-state index in [0.717, 1.165) is 5.69 Å². The number of hydrogen-bond acceptors (Lipinski definition) is 4. The first-order valence-electron chi connectivity index (χ1n) is 8.06. The minimum atomic E-state index is -0.480. The molecule has 0 bridgehead atoms. The number of benzene rings is 2. The number of hydrogen-bond donors (Lipinski definition) is 2. The molecule has 26 heavy (non-hydrogen) atoms. The Hall–Kier alpha value is -2.73. The lowest BCUT2D eigenvalue weighted by Crippen LogP contribution is -2.10. The van der Waals surface area contributed by atoms with Crippen molar-refractivity contribution >= 4 is 29.1 Å². The van der Waals surface area contributed by atoms with Gasteiger partial charge in [0.25, 0.3) is 0 Å². The Morgan fingerprint density at radius 1 is 1.00 bits per heavy atom. The maximum atomic E-state index is 13.6. The minimum Gasteiger partial charge on any atom is -0.354 e. The van der Waals surface area contributed by atoms with E-state index in [0.29, 0.717) is 36.0 Å². The van der Waals surface area contributed by atoms with Crippen LogP contribution in [0.4, 0.5) is 26.2 Å². The third-order valence-electron chi connectivity index (χ3n) is 3.68. The van der Waals surface area contributed by atoms with Crippen molar-refractivity contribution in [2.45, 2.75) is 13.3 Å². The van der Waals surface area contributed by atoms with E-state index < -0.39 is 5.82 Å². The average molecular weight is 375 g/mol. The Morgan fingerprint density at radius 3 is 2.58 bits per heavy atom. The van der Waals surface area contributed by atoms with E-state index in [1.54, 1.807) is 30.3 Å². The van der Waals surface area contributed by atoms with Crippen LogP contribution in [0.15, 0.2) is 48.5 Å². The van der Waals surface area contributed by atoms with Crippen molar-refractivity contribution in [1.82, 2.24) is 9.97 Å². The number of halogens is 3. The summed E-state index contributed by atoms with van der Waals surface area (Å²) in [6.45, 7) is 2.33. The first-order chi connectivity index (χ1) is 12.5. The Bertz CT molecular complexity index is 918. The van der Waals surface area contributed by atoms with Gasteiger partial charge in [-0.05, 0) is 43.2 Å². The van der Waals surface area contributed by atoms with Gasteiger partial charge in [0.05, 0.1) is 5.02 Å². The largest absolute Gasteiger partial charge is 0.354 e. The van der Waals surface area contributed by atoms with Gasteiger partial charge in [0.2, 0.25) is 5.95 Å². The molecule has 3 aromatic rings. The van der Waals surface area contributed by atoms with Crippen molar-refractivity contribution in [3.05, 3.63) is 76.4 Å². The predicted octanol–water partition coefficient (Wildman–Crippen LogP) is 5.11. The SMILES string of the molecule is Cc1cc(Nc2ccc(F)c(Cl)c2)nc(NCCc2ccccc2F)n1. The molecule has 0 unspecified atom stereocenters. The highest BCUT2D eigenvalue weighted by atomic mass is 35.5. The van der Waals surface area contributed by atoms with Gasteiger partial charge < -0.3 is 10.6 Å².